The SMILES string of the molecule is CCCC(=O)c1ccc(OCCCCCC(=O)O)c(Cl)c1Cl. The Hall–Kier alpha value is -1.26. The van der Waals surface area contributed by atoms with Crippen LogP contribution in [0.25, 0.3) is 0 Å². The van der Waals surface area contributed by atoms with Gasteiger partial charge in [-0.3, -0.25) is 9.59 Å². The molecule has 0 saturated carbocycles. The van der Waals surface area contributed by atoms with Gasteiger partial charge in [0.25, 0.3) is 0 Å². The molecule has 0 unspecified atom stereocenters. The summed E-state index contributed by atoms with van der Waals surface area (Å²) in [6.07, 6.45) is 3.47. The average molecular weight is 347 g/mol. The lowest BCUT2D eigenvalue weighted by Crippen LogP contribution is -2.03. The molecule has 0 spiro atoms. The summed E-state index contributed by atoms with van der Waals surface area (Å²) >= 11 is 12.3. The highest BCUT2D eigenvalue weighted by Crippen LogP contribution is 2.35. The molecular formula is C16H20Cl2O4. The van der Waals surface area contributed by atoms with Crippen molar-refractivity contribution in [2.45, 2.75) is 45.4 Å². The third-order valence-corrected chi connectivity index (χ3v) is 3.98. The molecule has 4 nitrogen and oxygen atoms in total. The topological polar surface area (TPSA) is 63.6 Å². The number of rotatable bonds is 10. The molecule has 0 aromatic heterocycles. The lowest BCUT2D eigenvalue weighted by atomic mass is 10.1. The number of carbonyl (C=O) groups excluding carboxylic acids is 1. The monoisotopic (exact) mass is 346 g/mol. The number of ketones is 1. The van der Waals surface area contributed by atoms with Crippen LogP contribution < -0.4 is 4.74 Å². The van der Waals surface area contributed by atoms with Gasteiger partial charge < -0.3 is 9.84 Å². The molecule has 1 rings (SSSR count). The second-order valence-electron chi connectivity index (χ2n) is 4.97. The van der Waals surface area contributed by atoms with E-state index in [-0.39, 0.29) is 22.2 Å². The number of hydrogen-bond acceptors (Lipinski definition) is 3. The molecule has 1 aromatic carbocycles. The Labute approximate surface area is 140 Å². The third kappa shape index (κ3) is 5.85. The van der Waals surface area contributed by atoms with Crippen LogP contribution in [0.2, 0.25) is 10.0 Å². The number of carbonyl (C=O) groups is 2. The van der Waals surface area contributed by atoms with Gasteiger partial charge in [0.15, 0.2) is 5.78 Å². The van der Waals surface area contributed by atoms with Gasteiger partial charge in [-0.2, -0.15) is 0 Å². The molecule has 6 heteroatoms. The van der Waals surface area contributed by atoms with Crippen molar-refractivity contribution in [1.29, 1.82) is 0 Å². The number of benzene rings is 1. The van der Waals surface area contributed by atoms with Gasteiger partial charge in [0.2, 0.25) is 0 Å². The van der Waals surface area contributed by atoms with Crippen molar-refractivity contribution in [3.8, 4) is 5.75 Å². The molecule has 0 amide bonds. The lowest BCUT2D eigenvalue weighted by Gasteiger charge is -2.11. The maximum Gasteiger partial charge on any atom is 0.303 e. The van der Waals surface area contributed by atoms with Crippen molar-refractivity contribution >= 4 is 35.0 Å². The van der Waals surface area contributed by atoms with Gasteiger partial charge in [-0.25, -0.2) is 0 Å². The summed E-state index contributed by atoms with van der Waals surface area (Å²) < 4.78 is 5.54. The van der Waals surface area contributed by atoms with Crippen LogP contribution in [0, 0.1) is 0 Å². The number of hydrogen-bond donors (Lipinski definition) is 1. The molecule has 0 atom stereocenters. The molecule has 22 heavy (non-hydrogen) atoms. The zero-order valence-corrected chi connectivity index (χ0v) is 14.0. The predicted octanol–water partition coefficient (Wildman–Crippen LogP) is 5.00. The third-order valence-electron chi connectivity index (χ3n) is 3.12. The molecular weight excluding hydrogens is 327 g/mol. The Kier molecular flexibility index (Phi) is 8.28. The predicted molar refractivity (Wildman–Crippen MR) is 87.3 cm³/mol. The van der Waals surface area contributed by atoms with E-state index in [0.29, 0.717) is 30.8 Å². The van der Waals surface area contributed by atoms with E-state index in [1.807, 2.05) is 6.92 Å². The summed E-state index contributed by atoms with van der Waals surface area (Å²) in [6.45, 7) is 2.35. The molecule has 0 fully saturated rings. The first kappa shape index (κ1) is 18.8. The smallest absolute Gasteiger partial charge is 0.303 e. The fraction of sp³-hybridized carbons (Fsp3) is 0.500. The van der Waals surface area contributed by atoms with Gasteiger partial charge in [0.1, 0.15) is 10.8 Å². The number of halogens is 2. The van der Waals surface area contributed by atoms with Gasteiger partial charge >= 0.3 is 5.97 Å². The molecule has 0 radical (unpaired) electrons. The normalized spacial score (nSPS) is 10.5. The number of ether oxygens (including phenoxy) is 1. The highest BCUT2D eigenvalue weighted by molar-refractivity contribution is 6.44. The lowest BCUT2D eigenvalue weighted by molar-refractivity contribution is -0.137. The highest BCUT2D eigenvalue weighted by Gasteiger charge is 2.15. The zero-order valence-electron chi connectivity index (χ0n) is 12.5. The van der Waals surface area contributed by atoms with Crippen molar-refractivity contribution in [2.75, 3.05) is 6.61 Å². The standard InChI is InChI=1S/C16H20Cl2O4/c1-2-6-12(19)11-8-9-13(16(18)15(11)17)22-10-5-3-4-7-14(20)21/h8-9H,2-7,10H2,1H3,(H,20,21). The minimum atomic E-state index is -0.789. The van der Waals surface area contributed by atoms with E-state index in [2.05, 4.69) is 0 Å². The molecule has 0 aliphatic carbocycles. The van der Waals surface area contributed by atoms with Gasteiger partial charge in [-0.15, -0.1) is 0 Å². The Morgan fingerprint density at radius 1 is 1.09 bits per heavy atom. The molecule has 0 heterocycles. The van der Waals surface area contributed by atoms with Crippen LogP contribution in [-0.4, -0.2) is 23.5 Å². The largest absolute Gasteiger partial charge is 0.492 e. The minimum absolute atomic E-state index is 0.0328. The molecule has 0 saturated heterocycles. The van der Waals surface area contributed by atoms with Crippen molar-refractivity contribution in [3.05, 3.63) is 27.7 Å². The number of unbranched alkanes of at least 4 members (excludes halogenated alkanes) is 2. The quantitative estimate of drug-likeness (QED) is 0.478. The van der Waals surface area contributed by atoms with E-state index in [4.69, 9.17) is 33.0 Å². The van der Waals surface area contributed by atoms with E-state index < -0.39 is 5.97 Å². The van der Waals surface area contributed by atoms with Gasteiger partial charge in [-0.05, 0) is 37.8 Å². The van der Waals surface area contributed by atoms with E-state index in [9.17, 15) is 9.59 Å². The van der Waals surface area contributed by atoms with Crippen LogP contribution in [-0.2, 0) is 4.79 Å². The molecule has 0 aliphatic rings. The summed E-state index contributed by atoms with van der Waals surface area (Å²) in [5, 5.41) is 9.00. The van der Waals surface area contributed by atoms with Crippen molar-refractivity contribution in [1.82, 2.24) is 0 Å². The summed E-state index contributed by atoms with van der Waals surface area (Å²) in [4.78, 5) is 22.3. The van der Waals surface area contributed by atoms with Crippen molar-refractivity contribution in [3.63, 3.8) is 0 Å². The Bertz CT molecular complexity index is 529. The average Bonchev–Trinajstić information content (AvgIpc) is 2.46. The Balaban J connectivity index is 2.53. The first-order chi connectivity index (χ1) is 10.5. The number of aliphatic carboxylic acids is 1. The summed E-state index contributed by atoms with van der Waals surface area (Å²) in [5.74, 6) is -0.379. The Morgan fingerprint density at radius 3 is 2.45 bits per heavy atom. The molecule has 0 bridgehead atoms. The van der Waals surface area contributed by atoms with E-state index in [1.165, 1.54) is 0 Å². The number of carboxylic acid groups (broad SMARTS) is 1. The van der Waals surface area contributed by atoms with Crippen LogP contribution in [0.1, 0.15) is 55.8 Å². The first-order valence-corrected chi connectivity index (χ1v) is 8.08. The molecule has 0 aliphatic heterocycles. The van der Waals surface area contributed by atoms with Crippen molar-refractivity contribution in [2.24, 2.45) is 0 Å². The van der Waals surface area contributed by atoms with E-state index in [0.717, 1.165) is 19.3 Å². The fourth-order valence-electron chi connectivity index (χ4n) is 1.96. The van der Waals surface area contributed by atoms with E-state index in [1.54, 1.807) is 12.1 Å². The molecule has 1 aromatic rings. The van der Waals surface area contributed by atoms with Gasteiger partial charge in [-0.1, -0.05) is 30.1 Å². The molecule has 122 valence electrons. The molecule has 1 N–H and O–H groups in total. The van der Waals surface area contributed by atoms with Crippen molar-refractivity contribution < 1.29 is 19.4 Å². The van der Waals surface area contributed by atoms with Gasteiger partial charge in [0.05, 0.1) is 11.6 Å². The number of Topliss-reactive ketones (excluding diaryl/α,β-unsaturated/α-hetero) is 1. The van der Waals surface area contributed by atoms with Crippen LogP contribution in [0.4, 0.5) is 0 Å². The van der Waals surface area contributed by atoms with Crippen LogP contribution in [0.15, 0.2) is 12.1 Å². The first-order valence-electron chi connectivity index (χ1n) is 7.33. The highest BCUT2D eigenvalue weighted by atomic mass is 35.5. The van der Waals surface area contributed by atoms with Crippen LogP contribution in [0.3, 0.4) is 0 Å². The zero-order chi connectivity index (χ0) is 16.5. The van der Waals surface area contributed by atoms with Crippen LogP contribution in [0.5, 0.6) is 5.75 Å². The fourth-order valence-corrected chi connectivity index (χ4v) is 2.44. The second kappa shape index (κ2) is 9.70. The summed E-state index contributed by atoms with van der Waals surface area (Å²) in [6, 6.07) is 3.28. The maximum atomic E-state index is 11.9. The van der Waals surface area contributed by atoms with Crippen LogP contribution >= 0.6 is 23.2 Å². The summed E-state index contributed by atoms with van der Waals surface area (Å²) in [7, 11) is 0. The minimum Gasteiger partial charge on any atom is -0.492 e. The number of carboxylic acids is 1. The summed E-state index contributed by atoms with van der Waals surface area (Å²) in [5.41, 5.74) is 0.419. The van der Waals surface area contributed by atoms with Gasteiger partial charge in [0, 0.05) is 18.4 Å². The Morgan fingerprint density at radius 2 is 1.82 bits per heavy atom. The second-order valence-corrected chi connectivity index (χ2v) is 5.72. The maximum absolute atomic E-state index is 11.9. The van der Waals surface area contributed by atoms with E-state index >= 15 is 0 Å².